The van der Waals surface area contributed by atoms with Crippen LogP contribution in [0.15, 0.2) is 48.5 Å². The van der Waals surface area contributed by atoms with Gasteiger partial charge in [-0.3, -0.25) is 9.59 Å². The van der Waals surface area contributed by atoms with Gasteiger partial charge in [-0.25, -0.2) is 0 Å². The summed E-state index contributed by atoms with van der Waals surface area (Å²) >= 11 is 0. The normalized spacial score (nSPS) is 19.7. The standard InChI is InChI=1S/C24H29N3O2/c1-18-8-9-19(2)22(14-18)25-10-12-26(13-11-25)24(29)17-27-16-21(15-23(27)28)20-6-4-3-5-7-20/h3-9,14,21H,10-13,15-17H2,1-2H3. The van der Waals surface area contributed by atoms with Gasteiger partial charge in [0.25, 0.3) is 0 Å². The zero-order valence-corrected chi connectivity index (χ0v) is 17.3. The van der Waals surface area contributed by atoms with E-state index < -0.39 is 0 Å². The highest BCUT2D eigenvalue weighted by Crippen LogP contribution is 2.28. The molecule has 1 unspecified atom stereocenters. The number of hydrogen-bond donors (Lipinski definition) is 0. The number of anilines is 1. The van der Waals surface area contributed by atoms with E-state index in [2.05, 4.69) is 49.1 Å². The van der Waals surface area contributed by atoms with Gasteiger partial charge in [0, 0.05) is 50.7 Å². The Balaban J connectivity index is 1.32. The second-order valence-corrected chi connectivity index (χ2v) is 8.24. The number of amides is 2. The van der Waals surface area contributed by atoms with E-state index in [1.807, 2.05) is 23.1 Å². The molecule has 0 aliphatic carbocycles. The number of carbonyl (C=O) groups is 2. The summed E-state index contributed by atoms with van der Waals surface area (Å²) < 4.78 is 0. The molecule has 2 aliphatic rings. The van der Waals surface area contributed by atoms with Gasteiger partial charge in [-0.05, 0) is 36.6 Å². The monoisotopic (exact) mass is 391 g/mol. The van der Waals surface area contributed by atoms with Crippen molar-refractivity contribution in [3.05, 3.63) is 65.2 Å². The Morgan fingerprint density at radius 2 is 1.72 bits per heavy atom. The average molecular weight is 392 g/mol. The van der Waals surface area contributed by atoms with Crippen LogP contribution in [0.2, 0.25) is 0 Å². The van der Waals surface area contributed by atoms with Gasteiger partial charge in [0.2, 0.25) is 11.8 Å². The SMILES string of the molecule is Cc1ccc(C)c(N2CCN(C(=O)CN3CC(c4ccccc4)CC3=O)CC2)c1. The third kappa shape index (κ3) is 4.29. The zero-order chi connectivity index (χ0) is 20.4. The van der Waals surface area contributed by atoms with Gasteiger partial charge in [0.1, 0.15) is 0 Å². The molecule has 29 heavy (non-hydrogen) atoms. The maximum atomic E-state index is 12.8. The summed E-state index contributed by atoms with van der Waals surface area (Å²) in [7, 11) is 0. The number of likely N-dealkylation sites (tertiary alicyclic amines) is 1. The fourth-order valence-corrected chi connectivity index (χ4v) is 4.39. The van der Waals surface area contributed by atoms with Crippen LogP contribution in [-0.2, 0) is 9.59 Å². The van der Waals surface area contributed by atoms with Gasteiger partial charge < -0.3 is 14.7 Å². The van der Waals surface area contributed by atoms with E-state index in [-0.39, 0.29) is 24.3 Å². The molecule has 152 valence electrons. The second-order valence-electron chi connectivity index (χ2n) is 8.24. The lowest BCUT2D eigenvalue weighted by Gasteiger charge is -2.37. The molecule has 4 rings (SSSR count). The molecule has 1 atom stereocenters. The van der Waals surface area contributed by atoms with Crippen LogP contribution in [0, 0.1) is 13.8 Å². The third-order valence-corrected chi connectivity index (χ3v) is 6.15. The highest BCUT2D eigenvalue weighted by Gasteiger charge is 2.33. The van der Waals surface area contributed by atoms with E-state index in [1.54, 1.807) is 4.90 Å². The molecule has 5 nitrogen and oxygen atoms in total. The van der Waals surface area contributed by atoms with Gasteiger partial charge in [-0.2, -0.15) is 0 Å². The van der Waals surface area contributed by atoms with Crippen LogP contribution in [0.4, 0.5) is 5.69 Å². The Hall–Kier alpha value is -2.82. The maximum absolute atomic E-state index is 12.8. The molecular weight excluding hydrogens is 362 g/mol. The number of rotatable bonds is 4. The van der Waals surface area contributed by atoms with Crippen LogP contribution >= 0.6 is 0 Å². The van der Waals surface area contributed by atoms with E-state index in [1.165, 1.54) is 22.4 Å². The molecule has 2 aromatic rings. The van der Waals surface area contributed by atoms with Gasteiger partial charge >= 0.3 is 0 Å². The van der Waals surface area contributed by atoms with Crippen molar-refractivity contribution in [2.45, 2.75) is 26.2 Å². The van der Waals surface area contributed by atoms with Crippen molar-refractivity contribution in [1.82, 2.24) is 9.80 Å². The third-order valence-electron chi connectivity index (χ3n) is 6.15. The van der Waals surface area contributed by atoms with E-state index in [4.69, 9.17) is 0 Å². The Labute approximate surface area is 172 Å². The van der Waals surface area contributed by atoms with E-state index in [0.717, 1.165) is 13.1 Å². The van der Waals surface area contributed by atoms with Crippen molar-refractivity contribution < 1.29 is 9.59 Å². The summed E-state index contributed by atoms with van der Waals surface area (Å²) in [5.41, 5.74) is 4.96. The summed E-state index contributed by atoms with van der Waals surface area (Å²) in [6, 6.07) is 16.6. The number of nitrogens with zero attached hydrogens (tertiary/aromatic N) is 3. The molecule has 0 bridgehead atoms. The Kier molecular flexibility index (Phi) is 5.56. The maximum Gasteiger partial charge on any atom is 0.242 e. The summed E-state index contributed by atoms with van der Waals surface area (Å²) in [5.74, 6) is 0.339. The Bertz CT molecular complexity index is 888. The lowest BCUT2D eigenvalue weighted by molar-refractivity contribution is -0.138. The highest BCUT2D eigenvalue weighted by atomic mass is 16.2. The molecular formula is C24H29N3O2. The van der Waals surface area contributed by atoms with Gasteiger partial charge in [-0.15, -0.1) is 0 Å². The van der Waals surface area contributed by atoms with E-state index in [9.17, 15) is 9.59 Å². The molecule has 2 aromatic carbocycles. The van der Waals surface area contributed by atoms with Gasteiger partial charge in [-0.1, -0.05) is 42.5 Å². The summed E-state index contributed by atoms with van der Waals surface area (Å²) in [4.78, 5) is 31.3. The lowest BCUT2D eigenvalue weighted by atomic mass is 9.99. The van der Waals surface area contributed by atoms with Crippen LogP contribution in [0.3, 0.4) is 0 Å². The number of hydrogen-bond acceptors (Lipinski definition) is 3. The largest absolute Gasteiger partial charge is 0.368 e. The molecule has 0 spiro atoms. The molecule has 2 heterocycles. The highest BCUT2D eigenvalue weighted by molar-refractivity contribution is 5.86. The fourth-order valence-electron chi connectivity index (χ4n) is 4.39. The smallest absolute Gasteiger partial charge is 0.242 e. The van der Waals surface area contributed by atoms with Crippen LogP contribution in [0.5, 0.6) is 0 Å². The predicted molar refractivity (Wildman–Crippen MR) is 115 cm³/mol. The van der Waals surface area contributed by atoms with Gasteiger partial charge in [0.05, 0.1) is 6.54 Å². The van der Waals surface area contributed by atoms with Crippen LogP contribution in [0.25, 0.3) is 0 Å². The molecule has 0 aromatic heterocycles. The number of aryl methyl sites for hydroxylation is 2. The Morgan fingerprint density at radius 3 is 2.45 bits per heavy atom. The average Bonchev–Trinajstić information content (AvgIpc) is 3.11. The minimum absolute atomic E-state index is 0.0627. The molecule has 0 saturated carbocycles. The molecule has 2 aliphatic heterocycles. The first-order chi connectivity index (χ1) is 14.0. The minimum Gasteiger partial charge on any atom is -0.368 e. The zero-order valence-electron chi connectivity index (χ0n) is 17.3. The fraction of sp³-hybridized carbons (Fsp3) is 0.417. The van der Waals surface area contributed by atoms with Crippen molar-refractivity contribution in [3.8, 4) is 0 Å². The van der Waals surface area contributed by atoms with Gasteiger partial charge in [0.15, 0.2) is 0 Å². The van der Waals surface area contributed by atoms with Crippen LogP contribution < -0.4 is 4.90 Å². The first-order valence-corrected chi connectivity index (χ1v) is 10.4. The Morgan fingerprint density at radius 1 is 1.00 bits per heavy atom. The molecule has 5 heteroatoms. The number of benzene rings is 2. The summed E-state index contributed by atoms with van der Waals surface area (Å²) in [5, 5.41) is 0. The first kappa shape index (κ1) is 19.5. The van der Waals surface area contributed by atoms with Crippen molar-refractivity contribution >= 4 is 17.5 Å². The summed E-state index contributed by atoms with van der Waals surface area (Å²) in [6.45, 7) is 8.15. The van der Waals surface area contributed by atoms with Crippen molar-refractivity contribution in [1.29, 1.82) is 0 Å². The molecule has 2 amide bonds. The number of carbonyl (C=O) groups excluding carboxylic acids is 2. The molecule has 0 N–H and O–H groups in total. The minimum atomic E-state index is 0.0627. The van der Waals surface area contributed by atoms with Crippen molar-refractivity contribution in [2.24, 2.45) is 0 Å². The van der Waals surface area contributed by atoms with Crippen LogP contribution in [0.1, 0.15) is 29.0 Å². The molecule has 2 fully saturated rings. The summed E-state index contributed by atoms with van der Waals surface area (Å²) in [6.07, 6.45) is 0.498. The molecule has 0 radical (unpaired) electrons. The lowest BCUT2D eigenvalue weighted by Crippen LogP contribution is -2.51. The predicted octanol–water partition coefficient (Wildman–Crippen LogP) is 2.97. The second kappa shape index (κ2) is 8.27. The first-order valence-electron chi connectivity index (χ1n) is 10.4. The topological polar surface area (TPSA) is 43.9 Å². The molecule has 2 saturated heterocycles. The van der Waals surface area contributed by atoms with E-state index in [0.29, 0.717) is 26.1 Å². The van der Waals surface area contributed by atoms with Crippen LogP contribution in [-0.4, -0.2) is 60.9 Å². The van der Waals surface area contributed by atoms with Crippen molar-refractivity contribution in [2.75, 3.05) is 44.2 Å². The number of piperazine rings is 1. The van der Waals surface area contributed by atoms with Crippen molar-refractivity contribution in [3.63, 3.8) is 0 Å². The quantitative estimate of drug-likeness (QED) is 0.805. The van der Waals surface area contributed by atoms with E-state index >= 15 is 0 Å².